The summed E-state index contributed by atoms with van der Waals surface area (Å²) in [5.41, 5.74) is 0.841. The van der Waals surface area contributed by atoms with Gasteiger partial charge < -0.3 is 4.90 Å². The Morgan fingerprint density at radius 1 is 1.33 bits per heavy atom. The molecule has 1 heterocycles. The van der Waals surface area contributed by atoms with Crippen LogP contribution in [-0.2, 0) is 0 Å². The second-order valence-corrected chi connectivity index (χ2v) is 5.00. The van der Waals surface area contributed by atoms with Crippen molar-refractivity contribution in [3.05, 3.63) is 59.1 Å². The molecular formula is C16H16ClFN2O. The van der Waals surface area contributed by atoms with E-state index >= 15 is 0 Å². The lowest BCUT2D eigenvalue weighted by Crippen LogP contribution is -2.32. The van der Waals surface area contributed by atoms with Crippen LogP contribution < -0.4 is 4.90 Å². The number of hydrogen-bond acceptors (Lipinski definition) is 2. The lowest BCUT2D eigenvalue weighted by molar-refractivity contribution is 0.0986. The number of carbonyl (C=O) groups is 1. The molecule has 0 unspecified atom stereocenters. The Kier molecular flexibility index (Phi) is 5.28. The van der Waals surface area contributed by atoms with Crippen LogP contribution in [0.25, 0.3) is 0 Å². The van der Waals surface area contributed by atoms with E-state index in [1.807, 2.05) is 37.3 Å². The topological polar surface area (TPSA) is 33.2 Å². The zero-order chi connectivity index (χ0) is 15.2. The summed E-state index contributed by atoms with van der Waals surface area (Å²) in [4.78, 5) is 18.0. The average molecular weight is 307 g/mol. The number of rotatable bonds is 5. The quantitative estimate of drug-likeness (QED) is 0.771. The molecule has 0 saturated heterocycles. The maximum atomic E-state index is 13.3. The largest absolute Gasteiger partial charge is 0.308 e. The van der Waals surface area contributed by atoms with E-state index in [1.165, 1.54) is 0 Å². The van der Waals surface area contributed by atoms with Gasteiger partial charge in [-0.15, -0.1) is 0 Å². The van der Waals surface area contributed by atoms with Crippen molar-refractivity contribution in [1.29, 1.82) is 0 Å². The molecule has 21 heavy (non-hydrogen) atoms. The van der Waals surface area contributed by atoms with E-state index in [0.29, 0.717) is 6.54 Å². The second-order valence-electron chi connectivity index (χ2n) is 4.64. The Morgan fingerprint density at radius 3 is 2.71 bits per heavy atom. The van der Waals surface area contributed by atoms with Crippen LogP contribution in [0.2, 0.25) is 5.15 Å². The van der Waals surface area contributed by atoms with E-state index in [4.69, 9.17) is 11.6 Å². The second kappa shape index (κ2) is 7.18. The van der Waals surface area contributed by atoms with E-state index in [9.17, 15) is 9.18 Å². The number of para-hydroxylation sites is 1. The normalized spacial score (nSPS) is 10.4. The minimum absolute atomic E-state index is 0.0128. The number of amides is 1. The number of halogens is 2. The highest BCUT2D eigenvalue weighted by molar-refractivity contribution is 6.33. The van der Waals surface area contributed by atoms with Gasteiger partial charge in [-0.05, 0) is 24.6 Å². The van der Waals surface area contributed by atoms with Gasteiger partial charge in [-0.2, -0.15) is 0 Å². The molecule has 0 N–H and O–H groups in total. The third kappa shape index (κ3) is 3.79. The van der Waals surface area contributed by atoms with Gasteiger partial charge >= 0.3 is 0 Å². The van der Waals surface area contributed by atoms with Crippen molar-refractivity contribution in [2.24, 2.45) is 0 Å². The third-order valence-corrected chi connectivity index (χ3v) is 3.39. The first-order valence-corrected chi connectivity index (χ1v) is 7.19. The van der Waals surface area contributed by atoms with Gasteiger partial charge in [0.1, 0.15) is 11.0 Å². The van der Waals surface area contributed by atoms with Gasteiger partial charge in [-0.1, -0.05) is 43.1 Å². The molecule has 0 aliphatic carbocycles. The van der Waals surface area contributed by atoms with Gasteiger partial charge in [-0.25, -0.2) is 9.37 Å². The van der Waals surface area contributed by atoms with Crippen molar-refractivity contribution in [3.63, 3.8) is 0 Å². The first-order valence-electron chi connectivity index (χ1n) is 6.81. The predicted octanol–water partition coefficient (Wildman–Crippen LogP) is 4.32. The molecule has 0 aliphatic heterocycles. The number of nitrogens with zero attached hydrogens (tertiary/aromatic N) is 2. The zero-order valence-corrected chi connectivity index (χ0v) is 12.5. The van der Waals surface area contributed by atoms with Crippen molar-refractivity contribution >= 4 is 23.2 Å². The number of benzene rings is 1. The maximum Gasteiger partial charge on any atom is 0.261 e. The number of anilines is 1. The highest BCUT2D eigenvalue weighted by atomic mass is 35.5. The molecule has 2 aromatic rings. The number of carbonyl (C=O) groups excluding carboxylic acids is 1. The van der Waals surface area contributed by atoms with E-state index < -0.39 is 5.82 Å². The van der Waals surface area contributed by atoms with Gasteiger partial charge in [0.15, 0.2) is 0 Å². The summed E-state index contributed by atoms with van der Waals surface area (Å²) in [7, 11) is 0. The van der Waals surface area contributed by atoms with E-state index in [2.05, 4.69) is 4.98 Å². The van der Waals surface area contributed by atoms with Crippen LogP contribution in [0.15, 0.2) is 42.6 Å². The number of hydrogen-bond donors (Lipinski definition) is 0. The molecule has 1 aromatic heterocycles. The summed E-state index contributed by atoms with van der Waals surface area (Å²) >= 11 is 5.93. The van der Waals surface area contributed by atoms with Crippen molar-refractivity contribution in [1.82, 2.24) is 4.98 Å². The summed E-state index contributed by atoms with van der Waals surface area (Å²) < 4.78 is 13.3. The molecule has 0 spiro atoms. The van der Waals surface area contributed by atoms with Crippen LogP contribution in [0, 0.1) is 5.82 Å². The lowest BCUT2D eigenvalue weighted by Gasteiger charge is -2.23. The maximum absolute atomic E-state index is 13.3. The van der Waals surface area contributed by atoms with Crippen LogP contribution in [0.5, 0.6) is 0 Å². The summed E-state index contributed by atoms with van der Waals surface area (Å²) in [6, 6.07) is 10.4. The number of aromatic nitrogens is 1. The predicted molar refractivity (Wildman–Crippen MR) is 82.2 cm³/mol. The Labute approximate surface area is 128 Å². The van der Waals surface area contributed by atoms with Gasteiger partial charge in [-0.3, -0.25) is 4.79 Å². The molecule has 0 bridgehead atoms. The lowest BCUT2D eigenvalue weighted by atomic mass is 10.2. The van der Waals surface area contributed by atoms with Crippen molar-refractivity contribution < 1.29 is 9.18 Å². The minimum Gasteiger partial charge on any atom is -0.308 e. The fraction of sp³-hybridized carbons (Fsp3) is 0.250. The van der Waals surface area contributed by atoms with Crippen LogP contribution in [-0.4, -0.2) is 17.4 Å². The molecule has 110 valence electrons. The Balaban J connectivity index is 2.36. The SMILES string of the molecule is CCCCN(C(=O)c1cc(F)cnc1Cl)c1ccccc1. The highest BCUT2D eigenvalue weighted by Crippen LogP contribution is 2.21. The van der Waals surface area contributed by atoms with E-state index in [1.54, 1.807) is 4.90 Å². The van der Waals surface area contributed by atoms with Crippen LogP contribution in [0.1, 0.15) is 30.1 Å². The van der Waals surface area contributed by atoms with Gasteiger partial charge in [0.25, 0.3) is 5.91 Å². The fourth-order valence-corrected chi connectivity index (χ4v) is 2.17. The molecule has 1 amide bonds. The summed E-state index contributed by atoms with van der Waals surface area (Å²) in [6.07, 6.45) is 2.80. The Bertz CT molecular complexity index is 619. The number of pyridine rings is 1. The fourth-order valence-electron chi connectivity index (χ4n) is 1.99. The smallest absolute Gasteiger partial charge is 0.261 e. The molecule has 0 aliphatic rings. The van der Waals surface area contributed by atoms with E-state index in [-0.39, 0.29) is 16.6 Å². The van der Waals surface area contributed by atoms with Crippen LogP contribution in [0.4, 0.5) is 10.1 Å². The zero-order valence-electron chi connectivity index (χ0n) is 11.7. The molecule has 3 nitrogen and oxygen atoms in total. The molecule has 5 heteroatoms. The molecular weight excluding hydrogens is 291 g/mol. The van der Waals surface area contributed by atoms with Crippen LogP contribution in [0.3, 0.4) is 0 Å². The molecule has 0 saturated carbocycles. The minimum atomic E-state index is -0.578. The summed E-state index contributed by atoms with van der Waals surface area (Å²) in [5, 5.41) is 0.0128. The summed E-state index contributed by atoms with van der Waals surface area (Å²) in [6.45, 7) is 2.59. The van der Waals surface area contributed by atoms with Crippen molar-refractivity contribution in [3.8, 4) is 0 Å². The summed E-state index contributed by atoms with van der Waals surface area (Å²) in [5.74, 6) is -0.919. The Morgan fingerprint density at radius 2 is 2.05 bits per heavy atom. The highest BCUT2D eigenvalue weighted by Gasteiger charge is 2.21. The van der Waals surface area contributed by atoms with Gasteiger partial charge in [0.05, 0.1) is 11.8 Å². The average Bonchev–Trinajstić information content (AvgIpc) is 2.51. The molecule has 1 aromatic carbocycles. The van der Waals surface area contributed by atoms with Crippen LogP contribution >= 0.6 is 11.6 Å². The third-order valence-electron chi connectivity index (χ3n) is 3.08. The molecule has 2 rings (SSSR count). The Hall–Kier alpha value is -1.94. The monoisotopic (exact) mass is 306 g/mol. The number of unbranched alkanes of at least 4 members (excludes halogenated alkanes) is 1. The first kappa shape index (κ1) is 15.4. The molecule has 0 atom stereocenters. The van der Waals surface area contributed by atoms with Gasteiger partial charge in [0, 0.05) is 12.2 Å². The van der Waals surface area contributed by atoms with Gasteiger partial charge in [0.2, 0.25) is 0 Å². The standard InChI is InChI=1S/C16H16ClFN2O/c1-2-3-9-20(13-7-5-4-6-8-13)16(21)14-10-12(18)11-19-15(14)17/h4-8,10-11H,2-3,9H2,1H3. The first-order chi connectivity index (χ1) is 10.1. The van der Waals surface area contributed by atoms with Crippen molar-refractivity contribution in [2.75, 3.05) is 11.4 Å². The molecule has 0 radical (unpaired) electrons. The van der Waals surface area contributed by atoms with Crippen molar-refractivity contribution in [2.45, 2.75) is 19.8 Å². The molecule has 0 fully saturated rings. The van der Waals surface area contributed by atoms with E-state index in [0.717, 1.165) is 30.8 Å².